The molecule has 3 atom stereocenters. The van der Waals surface area contributed by atoms with Gasteiger partial charge in [-0.2, -0.15) is 0 Å². The van der Waals surface area contributed by atoms with Crippen LogP contribution in [0.15, 0.2) is 78.9 Å². The van der Waals surface area contributed by atoms with Crippen LogP contribution in [0.4, 0.5) is 5.69 Å². The summed E-state index contributed by atoms with van der Waals surface area (Å²) in [6.07, 6.45) is 2.33. The highest BCUT2D eigenvalue weighted by Gasteiger charge is 2.32. The summed E-state index contributed by atoms with van der Waals surface area (Å²) in [7, 11) is 2.09. The SMILES string of the molecule is CN(Cc1ccccc1)C[C@H]1C[C@@H](c2ccc(CO)cc2)O[C@@H](c2ccc(NC(=O)CCCCCC(=O)O)cc2)O1. The number of aliphatic hydroxyl groups is 1. The first-order valence-corrected chi connectivity index (χ1v) is 14.2. The summed E-state index contributed by atoms with van der Waals surface area (Å²) in [4.78, 5) is 25.2. The Kier molecular flexibility index (Phi) is 11.5. The van der Waals surface area contributed by atoms with Gasteiger partial charge in [-0.1, -0.05) is 73.2 Å². The summed E-state index contributed by atoms with van der Waals surface area (Å²) in [5.74, 6) is -0.900. The van der Waals surface area contributed by atoms with E-state index in [2.05, 4.69) is 29.4 Å². The number of carboxylic acids is 1. The van der Waals surface area contributed by atoms with Crippen LogP contribution in [-0.4, -0.2) is 46.7 Å². The second-order valence-corrected chi connectivity index (χ2v) is 10.7. The normalized spacial score (nSPS) is 18.8. The highest BCUT2D eigenvalue weighted by molar-refractivity contribution is 5.90. The molecular weight excluding hydrogens is 520 g/mol. The topological polar surface area (TPSA) is 108 Å². The summed E-state index contributed by atoms with van der Waals surface area (Å²) in [6.45, 7) is 1.55. The number of unbranched alkanes of at least 4 members (excludes halogenated alkanes) is 2. The Morgan fingerprint density at radius 1 is 0.854 bits per heavy atom. The van der Waals surface area contributed by atoms with Gasteiger partial charge in [0.15, 0.2) is 6.29 Å². The summed E-state index contributed by atoms with van der Waals surface area (Å²) < 4.78 is 12.9. The Labute approximate surface area is 241 Å². The number of rotatable bonds is 14. The minimum atomic E-state index is -0.808. The average Bonchev–Trinajstić information content (AvgIpc) is 2.97. The largest absolute Gasteiger partial charge is 0.481 e. The molecular formula is C33H40N2O6. The number of amides is 1. The molecule has 1 amide bonds. The van der Waals surface area contributed by atoms with Gasteiger partial charge in [-0.25, -0.2) is 0 Å². The molecule has 41 heavy (non-hydrogen) atoms. The summed E-state index contributed by atoms with van der Waals surface area (Å²) >= 11 is 0. The standard InChI is InChI=1S/C33H40N2O6/c1-35(21-24-8-4-2-5-9-24)22-29-20-30(26-14-12-25(23-36)13-15-26)41-33(40-29)27-16-18-28(19-17-27)34-31(37)10-6-3-7-11-32(38)39/h2,4-5,8-9,12-19,29-30,33,36H,3,6-7,10-11,20-23H2,1H3,(H,34,37)(H,38,39)/t29-,30+,33+/m1/s1. The fourth-order valence-corrected chi connectivity index (χ4v) is 5.03. The quantitative estimate of drug-likeness (QED) is 0.213. The van der Waals surface area contributed by atoms with Crippen LogP contribution in [0.3, 0.4) is 0 Å². The smallest absolute Gasteiger partial charge is 0.303 e. The number of aliphatic hydroxyl groups excluding tert-OH is 1. The number of likely N-dealkylation sites (N-methyl/N-ethyl adjacent to an activating group) is 1. The Hall–Kier alpha value is -3.56. The molecule has 218 valence electrons. The molecule has 0 saturated carbocycles. The average molecular weight is 561 g/mol. The number of carbonyl (C=O) groups excluding carboxylic acids is 1. The van der Waals surface area contributed by atoms with Crippen molar-refractivity contribution in [2.75, 3.05) is 18.9 Å². The zero-order chi connectivity index (χ0) is 29.0. The van der Waals surface area contributed by atoms with Crippen LogP contribution in [-0.2, 0) is 32.2 Å². The van der Waals surface area contributed by atoms with E-state index in [9.17, 15) is 14.7 Å². The van der Waals surface area contributed by atoms with Crippen LogP contribution in [0.5, 0.6) is 0 Å². The molecule has 0 aliphatic carbocycles. The molecule has 1 aliphatic heterocycles. The molecule has 8 nitrogen and oxygen atoms in total. The third kappa shape index (κ3) is 9.79. The second kappa shape index (κ2) is 15.4. The summed E-state index contributed by atoms with van der Waals surface area (Å²) in [6, 6.07) is 25.7. The highest BCUT2D eigenvalue weighted by atomic mass is 16.7. The minimum absolute atomic E-state index is 0.00193. The molecule has 0 bridgehead atoms. The molecule has 4 rings (SSSR count). The van der Waals surface area contributed by atoms with E-state index in [1.54, 1.807) is 0 Å². The van der Waals surface area contributed by atoms with Gasteiger partial charge in [-0.3, -0.25) is 14.5 Å². The number of aliphatic carboxylic acids is 1. The monoisotopic (exact) mass is 560 g/mol. The van der Waals surface area contributed by atoms with Gasteiger partial charge in [0.05, 0.1) is 18.8 Å². The van der Waals surface area contributed by atoms with Crippen LogP contribution in [0.25, 0.3) is 0 Å². The van der Waals surface area contributed by atoms with Gasteiger partial charge >= 0.3 is 5.97 Å². The molecule has 1 saturated heterocycles. The van der Waals surface area contributed by atoms with Gasteiger partial charge in [-0.05, 0) is 48.7 Å². The number of anilines is 1. The van der Waals surface area contributed by atoms with E-state index in [0.29, 0.717) is 37.8 Å². The van der Waals surface area contributed by atoms with Crippen LogP contribution >= 0.6 is 0 Å². The van der Waals surface area contributed by atoms with Crippen molar-refractivity contribution in [2.24, 2.45) is 0 Å². The number of carbonyl (C=O) groups is 2. The van der Waals surface area contributed by atoms with Crippen LogP contribution in [0.2, 0.25) is 0 Å². The molecule has 3 aromatic rings. The van der Waals surface area contributed by atoms with E-state index < -0.39 is 12.3 Å². The molecule has 3 N–H and O–H groups in total. The van der Waals surface area contributed by atoms with E-state index in [1.165, 1.54) is 5.56 Å². The first kappa shape index (κ1) is 30.4. The van der Waals surface area contributed by atoms with Crippen molar-refractivity contribution < 1.29 is 29.3 Å². The predicted molar refractivity (Wildman–Crippen MR) is 157 cm³/mol. The third-order valence-corrected chi connectivity index (χ3v) is 7.19. The van der Waals surface area contributed by atoms with E-state index in [1.807, 2.05) is 66.7 Å². The van der Waals surface area contributed by atoms with Crippen molar-refractivity contribution in [3.05, 3.63) is 101 Å². The molecule has 0 unspecified atom stereocenters. The van der Waals surface area contributed by atoms with Crippen molar-refractivity contribution >= 4 is 17.6 Å². The van der Waals surface area contributed by atoms with Crippen molar-refractivity contribution in [2.45, 2.75) is 70.2 Å². The molecule has 0 aromatic heterocycles. The minimum Gasteiger partial charge on any atom is -0.481 e. The van der Waals surface area contributed by atoms with Gasteiger partial charge in [0.2, 0.25) is 5.91 Å². The zero-order valence-electron chi connectivity index (χ0n) is 23.6. The Morgan fingerprint density at radius 3 is 2.22 bits per heavy atom. The Morgan fingerprint density at radius 2 is 1.54 bits per heavy atom. The zero-order valence-corrected chi connectivity index (χ0v) is 23.6. The number of nitrogens with one attached hydrogen (secondary N) is 1. The number of benzene rings is 3. The van der Waals surface area contributed by atoms with Gasteiger partial charge in [0, 0.05) is 43.6 Å². The maximum absolute atomic E-state index is 12.3. The van der Waals surface area contributed by atoms with Gasteiger partial charge < -0.3 is 25.0 Å². The summed E-state index contributed by atoms with van der Waals surface area (Å²) in [5.41, 5.74) is 4.69. The Bertz CT molecular complexity index is 1230. The van der Waals surface area contributed by atoms with Gasteiger partial charge in [-0.15, -0.1) is 0 Å². The molecule has 1 aliphatic rings. The number of hydrogen-bond donors (Lipinski definition) is 3. The lowest BCUT2D eigenvalue weighted by atomic mass is 9.99. The molecule has 1 fully saturated rings. The van der Waals surface area contributed by atoms with E-state index in [-0.39, 0.29) is 31.1 Å². The predicted octanol–water partition coefficient (Wildman–Crippen LogP) is 5.83. The van der Waals surface area contributed by atoms with E-state index >= 15 is 0 Å². The number of ether oxygens (including phenoxy) is 2. The first-order chi connectivity index (χ1) is 19.9. The fraction of sp³-hybridized carbons (Fsp3) is 0.394. The van der Waals surface area contributed by atoms with Crippen molar-refractivity contribution in [3.8, 4) is 0 Å². The number of nitrogens with zero attached hydrogens (tertiary/aromatic N) is 1. The summed E-state index contributed by atoms with van der Waals surface area (Å²) in [5, 5.41) is 21.1. The lowest BCUT2D eigenvalue weighted by molar-refractivity contribution is -0.252. The molecule has 0 radical (unpaired) electrons. The Balaban J connectivity index is 1.39. The van der Waals surface area contributed by atoms with E-state index in [4.69, 9.17) is 14.6 Å². The molecule has 8 heteroatoms. The van der Waals surface area contributed by atoms with Crippen LogP contribution in [0.1, 0.15) is 73.2 Å². The number of hydrogen-bond acceptors (Lipinski definition) is 6. The first-order valence-electron chi connectivity index (χ1n) is 14.2. The molecule has 1 heterocycles. The maximum atomic E-state index is 12.3. The molecule has 0 spiro atoms. The van der Waals surface area contributed by atoms with Crippen molar-refractivity contribution in [1.29, 1.82) is 0 Å². The second-order valence-electron chi connectivity index (χ2n) is 10.7. The lowest BCUT2D eigenvalue weighted by Gasteiger charge is -2.38. The number of carboxylic acid groups (broad SMARTS) is 1. The lowest BCUT2D eigenvalue weighted by Crippen LogP contribution is -2.37. The van der Waals surface area contributed by atoms with E-state index in [0.717, 1.165) is 29.8 Å². The van der Waals surface area contributed by atoms with Crippen molar-refractivity contribution in [3.63, 3.8) is 0 Å². The third-order valence-electron chi connectivity index (χ3n) is 7.19. The van der Waals surface area contributed by atoms with Gasteiger partial charge in [0.1, 0.15) is 0 Å². The fourth-order valence-electron chi connectivity index (χ4n) is 5.03. The highest BCUT2D eigenvalue weighted by Crippen LogP contribution is 2.38. The van der Waals surface area contributed by atoms with Crippen LogP contribution < -0.4 is 5.32 Å². The van der Waals surface area contributed by atoms with Crippen molar-refractivity contribution in [1.82, 2.24) is 4.90 Å². The molecule has 3 aromatic carbocycles. The van der Waals surface area contributed by atoms with Gasteiger partial charge in [0.25, 0.3) is 0 Å². The van der Waals surface area contributed by atoms with Crippen LogP contribution in [0, 0.1) is 0 Å². The maximum Gasteiger partial charge on any atom is 0.303 e.